The Kier molecular flexibility index (Phi) is 2.61. The van der Waals surface area contributed by atoms with Crippen LogP contribution in [0, 0.1) is 0 Å². The minimum Gasteiger partial charge on any atom is -0.383 e. The highest BCUT2D eigenvalue weighted by atomic mass is 32.2. The second kappa shape index (κ2) is 3.80. The van der Waals surface area contributed by atoms with E-state index in [1.165, 1.54) is 5.06 Å². The largest absolute Gasteiger partial charge is 0.383 e. The lowest BCUT2D eigenvalue weighted by Gasteiger charge is -2.17. The Balaban J connectivity index is 2.25. The minimum absolute atomic E-state index is 0.122. The molecule has 0 spiro atoms. The quantitative estimate of drug-likeness (QED) is 0.835. The summed E-state index contributed by atoms with van der Waals surface area (Å²) < 4.78 is 22.5. The molecule has 1 aliphatic rings. The number of para-hydroxylation sites is 1. The molecule has 0 amide bonds. The van der Waals surface area contributed by atoms with E-state index in [9.17, 15) is 8.42 Å². The fourth-order valence-electron chi connectivity index (χ4n) is 1.52. The number of hydroxylamine groups is 1. The number of hydrogen-bond acceptors (Lipinski definition) is 4. The average Bonchev–Trinajstić information content (AvgIpc) is 2.61. The van der Waals surface area contributed by atoms with Gasteiger partial charge in [0, 0.05) is 0 Å². The Hall–Kier alpha value is -1.53. The Morgan fingerprint density at radius 3 is 2.44 bits per heavy atom. The van der Waals surface area contributed by atoms with Crippen molar-refractivity contribution < 1.29 is 13.3 Å². The third kappa shape index (κ3) is 2.02. The predicted octanol–water partition coefficient (Wildman–Crippen LogP) is 0.958. The number of rotatable bonds is 2. The normalized spacial score (nSPS) is 16.5. The van der Waals surface area contributed by atoms with Crippen LogP contribution in [0.4, 0.5) is 5.69 Å². The van der Waals surface area contributed by atoms with Crippen LogP contribution in [0.5, 0.6) is 0 Å². The standard InChI is InChI=1S/C10H12N2O3S/c1-8-10(16(11,13)14)7-12(15-8)9-5-3-2-4-6-9/h2-6H,7H2,1H3,(H2,11,13,14). The molecule has 1 aliphatic heterocycles. The van der Waals surface area contributed by atoms with Gasteiger partial charge in [0.15, 0.2) is 0 Å². The fraction of sp³-hybridized carbons (Fsp3) is 0.200. The zero-order chi connectivity index (χ0) is 11.8. The summed E-state index contributed by atoms with van der Waals surface area (Å²) in [4.78, 5) is 5.46. The summed E-state index contributed by atoms with van der Waals surface area (Å²) in [6.07, 6.45) is 0. The molecule has 0 radical (unpaired) electrons. The highest BCUT2D eigenvalue weighted by Gasteiger charge is 2.28. The average molecular weight is 240 g/mol. The maximum Gasteiger partial charge on any atom is 0.239 e. The Morgan fingerprint density at radius 1 is 1.31 bits per heavy atom. The number of sulfonamides is 1. The van der Waals surface area contributed by atoms with E-state index >= 15 is 0 Å². The fourth-order valence-corrected chi connectivity index (χ4v) is 2.25. The zero-order valence-corrected chi connectivity index (χ0v) is 9.57. The van der Waals surface area contributed by atoms with Crippen molar-refractivity contribution in [3.05, 3.63) is 41.0 Å². The van der Waals surface area contributed by atoms with Gasteiger partial charge in [0.2, 0.25) is 10.0 Å². The van der Waals surface area contributed by atoms with Crippen LogP contribution in [0.25, 0.3) is 0 Å². The lowest BCUT2D eigenvalue weighted by atomic mass is 10.3. The molecule has 1 aromatic carbocycles. The van der Waals surface area contributed by atoms with Crippen LogP contribution >= 0.6 is 0 Å². The molecule has 0 saturated carbocycles. The molecule has 0 aromatic heterocycles. The SMILES string of the molecule is CC1=C(S(N)(=O)=O)CN(c2ccccc2)O1. The molecule has 1 heterocycles. The van der Waals surface area contributed by atoms with E-state index in [-0.39, 0.29) is 11.4 Å². The number of anilines is 1. The van der Waals surface area contributed by atoms with Crippen molar-refractivity contribution in [3.63, 3.8) is 0 Å². The first-order valence-electron chi connectivity index (χ1n) is 4.71. The van der Waals surface area contributed by atoms with Gasteiger partial charge in [0.05, 0.1) is 12.2 Å². The van der Waals surface area contributed by atoms with E-state index in [1.54, 1.807) is 6.92 Å². The molecule has 86 valence electrons. The van der Waals surface area contributed by atoms with Gasteiger partial charge in [-0.3, -0.25) is 0 Å². The van der Waals surface area contributed by atoms with Gasteiger partial charge < -0.3 is 4.84 Å². The van der Waals surface area contributed by atoms with E-state index in [4.69, 9.17) is 9.98 Å². The third-order valence-electron chi connectivity index (χ3n) is 2.31. The molecule has 0 unspecified atom stereocenters. The molecule has 16 heavy (non-hydrogen) atoms. The smallest absolute Gasteiger partial charge is 0.239 e. The number of nitrogens with two attached hydrogens (primary N) is 1. The van der Waals surface area contributed by atoms with Crippen LogP contribution in [0.2, 0.25) is 0 Å². The van der Waals surface area contributed by atoms with Crippen LogP contribution < -0.4 is 10.2 Å². The van der Waals surface area contributed by atoms with E-state index in [1.807, 2.05) is 30.3 Å². The van der Waals surface area contributed by atoms with Crippen molar-refractivity contribution in [1.82, 2.24) is 0 Å². The molecule has 5 nitrogen and oxygen atoms in total. The van der Waals surface area contributed by atoms with Crippen LogP contribution in [0.15, 0.2) is 41.0 Å². The summed E-state index contributed by atoms with van der Waals surface area (Å²) in [7, 11) is -3.68. The van der Waals surface area contributed by atoms with Crippen molar-refractivity contribution in [2.24, 2.45) is 5.14 Å². The summed E-state index contributed by atoms with van der Waals surface area (Å²) >= 11 is 0. The van der Waals surface area contributed by atoms with E-state index in [2.05, 4.69) is 0 Å². The van der Waals surface area contributed by atoms with Crippen molar-refractivity contribution in [2.45, 2.75) is 6.92 Å². The van der Waals surface area contributed by atoms with E-state index in [0.29, 0.717) is 5.76 Å². The van der Waals surface area contributed by atoms with Crippen molar-refractivity contribution >= 4 is 15.7 Å². The first-order chi connectivity index (χ1) is 7.48. The summed E-state index contributed by atoms with van der Waals surface area (Å²) in [6, 6.07) is 9.24. The van der Waals surface area contributed by atoms with Gasteiger partial charge in [-0.2, -0.15) is 0 Å². The highest BCUT2D eigenvalue weighted by Crippen LogP contribution is 2.26. The van der Waals surface area contributed by atoms with Crippen molar-refractivity contribution in [1.29, 1.82) is 0 Å². The van der Waals surface area contributed by atoms with Crippen molar-refractivity contribution in [2.75, 3.05) is 11.6 Å². The topological polar surface area (TPSA) is 72.6 Å². The molecule has 6 heteroatoms. The second-order valence-electron chi connectivity index (χ2n) is 3.49. The minimum atomic E-state index is -3.68. The van der Waals surface area contributed by atoms with Crippen LogP contribution in [0.3, 0.4) is 0 Å². The van der Waals surface area contributed by atoms with Gasteiger partial charge in [-0.05, 0) is 19.1 Å². The second-order valence-corrected chi connectivity index (χ2v) is 5.07. The zero-order valence-electron chi connectivity index (χ0n) is 8.75. The molecule has 2 N–H and O–H groups in total. The molecule has 0 aliphatic carbocycles. The molecule has 0 atom stereocenters. The molecule has 1 aromatic rings. The molecule has 0 fully saturated rings. The maximum absolute atomic E-state index is 11.2. The van der Waals surface area contributed by atoms with E-state index < -0.39 is 10.0 Å². The summed E-state index contributed by atoms with van der Waals surface area (Å²) in [5.74, 6) is 0.325. The van der Waals surface area contributed by atoms with Gasteiger partial charge in [-0.15, -0.1) is 0 Å². The third-order valence-corrected chi connectivity index (χ3v) is 3.42. The number of benzene rings is 1. The lowest BCUT2D eigenvalue weighted by Crippen LogP contribution is -2.23. The van der Waals surface area contributed by atoms with E-state index in [0.717, 1.165) is 5.69 Å². The molecular formula is C10H12N2O3S. The van der Waals surface area contributed by atoms with Crippen LogP contribution in [0.1, 0.15) is 6.92 Å². The van der Waals surface area contributed by atoms with Gasteiger partial charge in [0.25, 0.3) is 0 Å². The Bertz CT molecular complexity index is 522. The Labute approximate surface area is 94.1 Å². The van der Waals surface area contributed by atoms with Gasteiger partial charge in [-0.1, -0.05) is 18.2 Å². The number of nitrogens with zero attached hydrogens (tertiary/aromatic N) is 1. The highest BCUT2D eigenvalue weighted by molar-refractivity contribution is 7.93. The van der Waals surface area contributed by atoms with Gasteiger partial charge >= 0.3 is 0 Å². The number of primary sulfonamides is 1. The van der Waals surface area contributed by atoms with Crippen LogP contribution in [-0.4, -0.2) is 15.0 Å². The first kappa shape index (κ1) is 11.0. The molecule has 0 bridgehead atoms. The number of allylic oxidation sites excluding steroid dienone is 1. The predicted molar refractivity (Wildman–Crippen MR) is 60.7 cm³/mol. The van der Waals surface area contributed by atoms with Crippen LogP contribution in [-0.2, 0) is 14.9 Å². The first-order valence-corrected chi connectivity index (χ1v) is 6.26. The molecular weight excluding hydrogens is 228 g/mol. The summed E-state index contributed by atoms with van der Waals surface area (Å²) in [5, 5.41) is 6.57. The molecule has 2 rings (SSSR count). The number of hydrogen-bond donors (Lipinski definition) is 1. The maximum atomic E-state index is 11.2. The summed E-state index contributed by atoms with van der Waals surface area (Å²) in [6.45, 7) is 1.73. The van der Waals surface area contributed by atoms with Gasteiger partial charge in [0.1, 0.15) is 10.7 Å². The van der Waals surface area contributed by atoms with Gasteiger partial charge in [-0.25, -0.2) is 18.6 Å². The molecule has 0 saturated heterocycles. The van der Waals surface area contributed by atoms with Crippen molar-refractivity contribution in [3.8, 4) is 0 Å². The monoisotopic (exact) mass is 240 g/mol. The Morgan fingerprint density at radius 2 is 1.94 bits per heavy atom. The lowest BCUT2D eigenvalue weighted by molar-refractivity contribution is 0.214. The summed E-state index contributed by atoms with van der Waals surface area (Å²) in [5.41, 5.74) is 0.792.